The monoisotopic (exact) mass is 371 g/mol. The van der Waals surface area contributed by atoms with Crippen molar-refractivity contribution < 1.29 is 28.6 Å². The van der Waals surface area contributed by atoms with Gasteiger partial charge in [-0.3, -0.25) is 9.59 Å². The number of hydrogen-bond acceptors (Lipinski definition) is 4. The average Bonchev–Trinajstić information content (AvgIpc) is 2.67. The molecule has 1 fully saturated rings. The van der Waals surface area contributed by atoms with E-state index in [1.807, 2.05) is 0 Å². The number of carboxylic acid groups (broad SMARTS) is 1. The lowest BCUT2D eigenvalue weighted by Gasteiger charge is -2.35. The molecule has 1 aliphatic rings. The molecule has 0 spiro atoms. The standard InChI is InChI=1S/C20H18FNO5/c1-12-10-22(11-17(27-12)20(25)26)19(24)16-5-3-2-4-15(16)18(23)13-6-8-14(21)9-7-13/h2-9,12,17H,10-11H2,1H3,(H,25,26)/t12-,17?/m1/s1. The van der Waals surface area contributed by atoms with Gasteiger partial charge in [0, 0.05) is 17.7 Å². The number of rotatable bonds is 4. The minimum absolute atomic E-state index is 0.0996. The van der Waals surface area contributed by atoms with Gasteiger partial charge in [-0.2, -0.15) is 0 Å². The number of nitrogens with zero attached hydrogens (tertiary/aromatic N) is 1. The van der Waals surface area contributed by atoms with Crippen LogP contribution in [0.25, 0.3) is 0 Å². The third-order valence-electron chi connectivity index (χ3n) is 4.33. The number of halogens is 1. The average molecular weight is 371 g/mol. The zero-order valence-electron chi connectivity index (χ0n) is 14.6. The van der Waals surface area contributed by atoms with Crippen LogP contribution in [-0.2, 0) is 9.53 Å². The van der Waals surface area contributed by atoms with Crippen molar-refractivity contribution in [3.05, 3.63) is 71.0 Å². The lowest BCUT2D eigenvalue weighted by molar-refractivity contribution is -0.160. The van der Waals surface area contributed by atoms with Gasteiger partial charge in [0.1, 0.15) is 5.82 Å². The number of carbonyl (C=O) groups excluding carboxylic acids is 2. The largest absolute Gasteiger partial charge is 0.479 e. The summed E-state index contributed by atoms with van der Waals surface area (Å²) in [5, 5.41) is 9.19. The number of morpholine rings is 1. The van der Waals surface area contributed by atoms with Crippen molar-refractivity contribution in [2.24, 2.45) is 0 Å². The summed E-state index contributed by atoms with van der Waals surface area (Å²) in [7, 11) is 0. The Balaban J connectivity index is 1.91. The second kappa shape index (κ2) is 7.67. The quantitative estimate of drug-likeness (QED) is 0.835. The van der Waals surface area contributed by atoms with Crippen molar-refractivity contribution in [1.29, 1.82) is 0 Å². The van der Waals surface area contributed by atoms with E-state index in [1.54, 1.807) is 19.1 Å². The minimum Gasteiger partial charge on any atom is -0.479 e. The van der Waals surface area contributed by atoms with Crippen molar-refractivity contribution in [3.63, 3.8) is 0 Å². The van der Waals surface area contributed by atoms with Gasteiger partial charge in [0.2, 0.25) is 0 Å². The fraction of sp³-hybridized carbons (Fsp3) is 0.250. The van der Waals surface area contributed by atoms with Crippen LogP contribution in [0.2, 0.25) is 0 Å². The van der Waals surface area contributed by atoms with Gasteiger partial charge in [0.05, 0.1) is 18.2 Å². The zero-order chi connectivity index (χ0) is 19.6. The highest BCUT2D eigenvalue weighted by Crippen LogP contribution is 2.20. The summed E-state index contributed by atoms with van der Waals surface area (Å²) in [6, 6.07) is 11.4. The first-order valence-electron chi connectivity index (χ1n) is 8.43. The molecule has 0 aliphatic carbocycles. The fourth-order valence-electron chi connectivity index (χ4n) is 3.05. The van der Waals surface area contributed by atoms with E-state index in [2.05, 4.69) is 0 Å². The van der Waals surface area contributed by atoms with E-state index in [0.717, 1.165) is 0 Å². The predicted octanol–water partition coefficient (Wildman–Crippen LogP) is 2.37. The molecule has 1 amide bonds. The van der Waals surface area contributed by atoms with Crippen LogP contribution >= 0.6 is 0 Å². The molecule has 7 heteroatoms. The number of ether oxygens (including phenoxy) is 1. The normalized spacial score (nSPS) is 19.6. The summed E-state index contributed by atoms with van der Waals surface area (Å²) in [5.41, 5.74) is 0.612. The van der Waals surface area contributed by atoms with E-state index in [9.17, 15) is 23.9 Å². The lowest BCUT2D eigenvalue weighted by Crippen LogP contribution is -2.52. The third kappa shape index (κ3) is 4.03. The highest BCUT2D eigenvalue weighted by molar-refractivity contribution is 6.15. The molecular formula is C20H18FNO5. The van der Waals surface area contributed by atoms with Gasteiger partial charge in [-0.05, 0) is 37.3 Å². The Kier molecular flexibility index (Phi) is 5.32. The van der Waals surface area contributed by atoms with E-state index in [-0.39, 0.29) is 29.8 Å². The van der Waals surface area contributed by atoms with Crippen LogP contribution < -0.4 is 0 Å². The molecule has 2 aromatic rings. The number of hydrogen-bond donors (Lipinski definition) is 1. The SMILES string of the molecule is C[C@@H]1CN(C(=O)c2ccccc2C(=O)c2ccc(F)cc2)CC(C(=O)O)O1. The van der Waals surface area contributed by atoms with Crippen LogP contribution in [0.15, 0.2) is 48.5 Å². The van der Waals surface area contributed by atoms with E-state index >= 15 is 0 Å². The molecule has 140 valence electrons. The highest BCUT2D eigenvalue weighted by Gasteiger charge is 2.34. The molecule has 0 radical (unpaired) electrons. The molecular weight excluding hydrogens is 353 g/mol. The minimum atomic E-state index is -1.14. The van der Waals surface area contributed by atoms with Gasteiger partial charge in [-0.25, -0.2) is 9.18 Å². The first-order chi connectivity index (χ1) is 12.9. The molecule has 6 nitrogen and oxygen atoms in total. The number of ketones is 1. The van der Waals surface area contributed by atoms with Gasteiger partial charge < -0.3 is 14.7 Å². The van der Waals surface area contributed by atoms with Crippen molar-refractivity contribution in [2.75, 3.05) is 13.1 Å². The Morgan fingerprint density at radius 1 is 1.04 bits per heavy atom. The summed E-state index contributed by atoms with van der Waals surface area (Å²) >= 11 is 0. The Hall–Kier alpha value is -3.06. The number of aliphatic carboxylic acids is 1. The van der Waals surface area contributed by atoms with Gasteiger partial charge in [0.25, 0.3) is 5.91 Å². The first kappa shape index (κ1) is 18.7. The van der Waals surface area contributed by atoms with Crippen molar-refractivity contribution in [3.8, 4) is 0 Å². The number of benzene rings is 2. The number of carboxylic acids is 1. The van der Waals surface area contributed by atoms with Crippen LogP contribution in [0.4, 0.5) is 4.39 Å². The van der Waals surface area contributed by atoms with Crippen molar-refractivity contribution in [1.82, 2.24) is 4.90 Å². The maximum absolute atomic E-state index is 13.1. The van der Waals surface area contributed by atoms with Crippen LogP contribution in [0.3, 0.4) is 0 Å². The van der Waals surface area contributed by atoms with Crippen LogP contribution in [0, 0.1) is 5.82 Å². The Labute approximate surface area is 155 Å². The van der Waals surface area contributed by atoms with E-state index in [0.29, 0.717) is 0 Å². The maximum Gasteiger partial charge on any atom is 0.334 e. The number of carbonyl (C=O) groups is 3. The molecule has 0 aromatic heterocycles. The van der Waals surface area contributed by atoms with E-state index in [4.69, 9.17) is 4.74 Å². The Morgan fingerprint density at radius 3 is 2.30 bits per heavy atom. The summed E-state index contributed by atoms with van der Waals surface area (Å²) < 4.78 is 18.4. The first-order valence-corrected chi connectivity index (χ1v) is 8.43. The van der Waals surface area contributed by atoms with Crippen molar-refractivity contribution in [2.45, 2.75) is 19.1 Å². The summed E-state index contributed by atoms with van der Waals surface area (Å²) in [6.45, 7) is 1.81. The molecule has 1 heterocycles. The predicted molar refractivity (Wildman–Crippen MR) is 94.1 cm³/mol. The van der Waals surface area contributed by atoms with E-state index in [1.165, 1.54) is 41.3 Å². The van der Waals surface area contributed by atoms with Gasteiger partial charge in [0.15, 0.2) is 11.9 Å². The summed E-state index contributed by atoms with van der Waals surface area (Å²) in [6.07, 6.45) is -1.55. The van der Waals surface area contributed by atoms with Crippen LogP contribution in [-0.4, -0.2) is 53.0 Å². The summed E-state index contributed by atoms with van der Waals surface area (Å²) in [4.78, 5) is 38.4. The van der Waals surface area contributed by atoms with Crippen LogP contribution in [0.5, 0.6) is 0 Å². The molecule has 2 aromatic carbocycles. The van der Waals surface area contributed by atoms with Crippen molar-refractivity contribution >= 4 is 17.7 Å². The molecule has 1 unspecified atom stereocenters. The summed E-state index contributed by atoms with van der Waals surface area (Å²) in [5.74, 6) is -2.45. The molecule has 0 bridgehead atoms. The van der Waals surface area contributed by atoms with E-state index < -0.39 is 35.7 Å². The van der Waals surface area contributed by atoms with Gasteiger partial charge in [-0.15, -0.1) is 0 Å². The lowest BCUT2D eigenvalue weighted by atomic mass is 9.97. The topological polar surface area (TPSA) is 83.9 Å². The van der Waals surface area contributed by atoms with Gasteiger partial charge in [-0.1, -0.05) is 18.2 Å². The Bertz CT molecular complexity index is 880. The highest BCUT2D eigenvalue weighted by atomic mass is 19.1. The Morgan fingerprint density at radius 2 is 1.67 bits per heavy atom. The smallest absolute Gasteiger partial charge is 0.334 e. The number of amides is 1. The maximum atomic E-state index is 13.1. The molecule has 1 N–H and O–H groups in total. The molecule has 1 saturated heterocycles. The molecule has 27 heavy (non-hydrogen) atoms. The molecule has 0 saturated carbocycles. The molecule has 3 rings (SSSR count). The third-order valence-corrected chi connectivity index (χ3v) is 4.33. The molecule has 1 aliphatic heterocycles. The molecule has 2 atom stereocenters. The van der Waals surface area contributed by atoms with Gasteiger partial charge >= 0.3 is 5.97 Å². The second-order valence-electron chi connectivity index (χ2n) is 6.37. The zero-order valence-corrected chi connectivity index (χ0v) is 14.6. The van der Waals surface area contributed by atoms with Crippen LogP contribution in [0.1, 0.15) is 33.2 Å². The fourth-order valence-corrected chi connectivity index (χ4v) is 3.05. The second-order valence-corrected chi connectivity index (χ2v) is 6.37.